The fourth-order valence-electron chi connectivity index (χ4n) is 2.41. The normalized spacial score (nSPS) is 20.1. The molecule has 0 spiro atoms. The molecule has 1 unspecified atom stereocenters. The molecule has 0 radical (unpaired) electrons. The summed E-state index contributed by atoms with van der Waals surface area (Å²) in [6.45, 7) is 0.467. The van der Waals surface area contributed by atoms with Crippen molar-refractivity contribution in [3.63, 3.8) is 0 Å². The van der Waals surface area contributed by atoms with Gasteiger partial charge in [-0.05, 0) is 18.9 Å². The summed E-state index contributed by atoms with van der Waals surface area (Å²) in [5.41, 5.74) is 5.70. The lowest BCUT2D eigenvalue weighted by Gasteiger charge is -2.28. The molecule has 1 aliphatic heterocycles. The number of hydrogen-bond acceptors (Lipinski definition) is 4. The number of aromatic nitrogens is 1. The van der Waals surface area contributed by atoms with E-state index in [4.69, 9.17) is 5.73 Å². The molecule has 1 aromatic heterocycles. The number of nitrogens with two attached hydrogens (primary N) is 1. The summed E-state index contributed by atoms with van der Waals surface area (Å²) < 4.78 is 13.2. The number of likely N-dealkylation sites (tertiary alicyclic amines) is 1. The van der Waals surface area contributed by atoms with Crippen LogP contribution in [-0.2, 0) is 0 Å². The quantitative estimate of drug-likeness (QED) is 0.843. The van der Waals surface area contributed by atoms with Crippen molar-refractivity contribution in [3.8, 4) is 0 Å². The minimum absolute atomic E-state index is 0.0207. The zero-order chi connectivity index (χ0) is 13.8. The van der Waals surface area contributed by atoms with Crippen molar-refractivity contribution < 1.29 is 14.3 Å². The van der Waals surface area contributed by atoms with Gasteiger partial charge in [0.2, 0.25) is 0 Å². The van der Waals surface area contributed by atoms with E-state index in [0.29, 0.717) is 6.54 Å². The number of nitrogen functional groups attached to an aromatic ring is 1. The molecule has 2 heterocycles. The van der Waals surface area contributed by atoms with Crippen LogP contribution >= 0.6 is 0 Å². The van der Waals surface area contributed by atoms with Gasteiger partial charge in [0.1, 0.15) is 11.6 Å². The van der Waals surface area contributed by atoms with Crippen LogP contribution in [0.2, 0.25) is 0 Å². The molecule has 0 aliphatic carbocycles. The van der Waals surface area contributed by atoms with Crippen LogP contribution in [0.3, 0.4) is 0 Å². The van der Waals surface area contributed by atoms with Gasteiger partial charge in [-0.1, -0.05) is 12.8 Å². The van der Waals surface area contributed by atoms with Crippen molar-refractivity contribution in [2.24, 2.45) is 0 Å². The molecule has 3 N–H and O–H groups in total. The largest absolute Gasteiger partial charge is 0.394 e. The molecule has 0 saturated carbocycles. The first-order valence-corrected chi connectivity index (χ1v) is 6.46. The first kappa shape index (κ1) is 13.7. The molecule has 19 heavy (non-hydrogen) atoms. The Morgan fingerprint density at radius 2 is 2.32 bits per heavy atom. The van der Waals surface area contributed by atoms with Crippen LogP contribution in [0.25, 0.3) is 0 Å². The molecule has 5 nitrogen and oxygen atoms in total. The highest BCUT2D eigenvalue weighted by Gasteiger charge is 2.27. The topological polar surface area (TPSA) is 79.5 Å². The Labute approximate surface area is 111 Å². The Balaban J connectivity index is 2.27. The fourth-order valence-corrected chi connectivity index (χ4v) is 2.41. The van der Waals surface area contributed by atoms with Gasteiger partial charge in [-0.2, -0.15) is 0 Å². The number of rotatable bonds is 2. The number of halogens is 1. The van der Waals surface area contributed by atoms with E-state index >= 15 is 0 Å². The van der Waals surface area contributed by atoms with Crippen molar-refractivity contribution in [1.82, 2.24) is 9.88 Å². The predicted molar refractivity (Wildman–Crippen MR) is 69.0 cm³/mol. The maximum absolute atomic E-state index is 13.2. The highest BCUT2D eigenvalue weighted by molar-refractivity contribution is 5.98. The first-order valence-electron chi connectivity index (χ1n) is 6.46. The van der Waals surface area contributed by atoms with Gasteiger partial charge in [-0.25, -0.2) is 9.37 Å². The fraction of sp³-hybridized carbons (Fsp3) is 0.538. The van der Waals surface area contributed by atoms with Gasteiger partial charge in [0.15, 0.2) is 0 Å². The molecule has 1 atom stereocenters. The van der Waals surface area contributed by atoms with Crippen LogP contribution in [-0.4, -0.2) is 40.1 Å². The van der Waals surface area contributed by atoms with Gasteiger partial charge in [-0.3, -0.25) is 4.79 Å². The maximum Gasteiger partial charge on any atom is 0.258 e. The lowest BCUT2D eigenvalue weighted by Crippen LogP contribution is -2.42. The first-order chi connectivity index (χ1) is 9.13. The Hall–Kier alpha value is -1.69. The van der Waals surface area contributed by atoms with Crippen molar-refractivity contribution >= 4 is 11.7 Å². The van der Waals surface area contributed by atoms with E-state index in [1.807, 2.05) is 0 Å². The SMILES string of the molecule is Nc1ncc(F)cc1C(=O)N1CCCCCC1CO. The Morgan fingerprint density at radius 3 is 3.05 bits per heavy atom. The van der Waals surface area contributed by atoms with E-state index in [9.17, 15) is 14.3 Å². The molecular weight excluding hydrogens is 249 g/mol. The number of aliphatic hydroxyl groups is 1. The summed E-state index contributed by atoms with van der Waals surface area (Å²) in [7, 11) is 0. The van der Waals surface area contributed by atoms with Crippen molar-refractivity contribution in [2.45, 2.75) is 31.7 Å². The van der Waals surface area contributed by atoms with Crippen molar-refractivity contribution in [1.29, 1.82) is 0 Å². The van der Waals surface area contributed by atoms with Gasteiger partial charge < -0.3 is 15.7 Å². The molecule has 104 valence electrons. The Bertz CT molecular complexity index is 467. The highest BCUT2D eigenvalue weighted by atomic mass is 19.1. The van der Waals surface area contributed by atoms with Crippen LogP contribution in [0.5, 0.6) is 0 Å². The number of carbonyl (C=O) groups excluding carboxylic acids is 1. The molecule has 1 saturated heterocycles. The van der Waals surface area contributed by atoms with E-state index in [2.05, 4.69) is 4.98 Å². The van der Waals surface area contributed by atoms with Crippen LogP contribution < -0.4 is 5.73 Å². The van der Waals surface area contributed by atoms with Gasteiger partial charge in [0.05, 0.1) is 24.4 Å². The molecule has 6 heteroatoms. The van der Waals surface area contributed by atoms with E-state index in [0.717, 1.165) is 37.9 Å². The van der Waals surface area contributed by atoms with E-state index in [1.54, 1.807) is 4.90 Å². The predicted octanol–water partition coefficient (Wildman–Crippen LogP) is 1.18. The standard InChI is InChI=1S/C13H18FN3O2/c14-9-6-11(12(15)16-7-9)13(19)17-5-3-1-2-4-10(17)8-18/h6-7,10,18H,1-5,8H2,(H2,15,16). The molecule has 1 aromatic rings. The monoisotopic (exact) mass is 267 g/mol. The second-order valence-corrected chi connectivity index (χ2v) is 4.77. The summed E-state index contributed by atoms with van der Waals surface area (Å²) >= 11 is 0. The molecule has 1 aliphatic rings. The van der Waals surface area contributed by atoms with Gasteiger partial charge >= 0.3 is 0 Å². The van der Waals surface area contributed by atoms with Crippen molar-refractivity contribution in [3.05, 3.63) is 23.6 Å². The molecule has 0 aromatic carbocycles. The minimum atomic E-state index is -0.590. The summed E-state index contributed by atoms with van der Waals surface area (Å²) in [5, 5.41) is 9.39. The lowest BCUT2D eigenvalue weighted by molar-refractivity contribution is 0.0600. The molecule has 1 amide bonds. The van der Waals surface area contributed by atoms with Crippen molar-refractivity contribution in [2.75, 3.05) is 18.9 Å². The summed E-state index contributed by atoms with van der Waals surface area (Å²) in [4.78, 5) is 17.7. The number of hydrogen-bond donors (Lipinski definition) is 2. The van der Waals surface area contributed by atoms with Crippen LogP contribution in [0, 0.1) is 5.82 Å². The van der Waals surface area contributed by atoms with Gasteiger partial charge in [0, 0.05) is 6.54 Å². The Morgan fingerprint density at radius 1 is 1.53 bits per heavy atom. The van der Waals surface area contributed by atoms with Crippen LogP contribution in [0.15, 0.2) is 12.3 Å². The zero-order valence-electron chi connectivity index (χ0n) is 10.7. The van der Waals surface area contributed by atoms with E-state index < -0.39 is 5.82 Å². The summed E-state index contributed by atoms with van der Waals surface area (Å²) in [6, 6.07) is 0.877. The lowest BCUT2D eigenvalue weighted by atomic mass is 10.1. The second-order valence-electron chi connectivity index (χ2n) is 4.77. The smallest absolute Gasteiger partial charge is 0.258 e. The maximum atomic E-state index is 13.2. The molecule has 1 fully saturated rings. The van der Waals surface area contributed by atoms with E-state index in [-0.39, 0.29) is 29.9 Å². The van der Waals surface area contributed by atoms with Crippen LogP contribution in [0.4, 0.5) is 10.2 Å². The number of amides is 1. The summed E-state index contributed by atoms with van der Waals surface area (Å²) in [6.07, 6.45) is 4.62. The minimum Gasteiger partial charge on any atom is -0.394 e. The van der Waals surface area contributed by atoms with Crippen LogP contribution in [0.1, 0.15) is 36.0 Å². The second kappa shape index (κ2) is 5.97. The zero-order valence-corrected chi connectivity index (χ0v) is 10.7. The third kappa shape index (κ3) is 3.01. The molecule has 0 bridgehead atoms. The average Bonchev–Trinajstić information content (AvgIpc) is 2.65. The van der Waals surface area contributed by atoms with Gasteiger partial charge in [-0.15, -0.1) is 0 Å². The highest BCUT2D eigenvalue weighted by Crippen LogP contribution is 2.21. The molecular formula is C13H18FN3O2. The van der Waals surface area contributed by atoms with Gasteiger partial charge in [0.25, 0.3) is 5.91 Å². The van der Waals surface area contributed by atoms with E-state index in [1.165, 1.54) is 0 Å². The summed E-state index contributed by atoms with van der Waals surface area (Å²) in [5.74, 6) is -0.925. The Kier molecular flexibility index (Phi) is 4.31. The average molecular weight is 267 g/mol. The number of anilines is 1. The number of nitrogens with zero attached hydrogens (tertiary/aromatic N) is 2. The number of pyridine rings is 1. The number of aliphatic hydroxyl groups excluding tert-OH is 1. The third-order valence-corrected chi connectivity index (χ3v) is 3.46. The number of carbonyl (C=O) groups is 1. The third-order valence-electron chi connectivity index (χ3n) is 3.46. The molecule has 2 rings (SSSR count).